The van der Waals surface area contributed by atoms with Crippen molar-refractivity contribution in [1.82, 2.24) is 4.98 Å². The first-order valence-electron chi connectivity index (χ1n) is 3.56. The summed E-state index contributed by atoms with van der Waals surface area (Å²) in [7, 11) is 0. The summed E-state index contributed by atoms with van der Waals surface area (Å²) in [5, 5.41) is 7.58. The van der Waals surface area contributed by atoms with Crippen LogP contribution in [-0.4, -0.2) is 10.0 Å². The molecule has 0 saturated carbocycles. The molecule has 1 rings (SSSR count). The number of nitrogens with two attached hydrogens (primary N) is 1. The van der Waals surface area contributed by atoms with E-state index in [9.17, 15) is 0 Å². The Bertz CT molecular complexity index is 257. The zero-order valence-electron chi connectivity index (χ0n) is 7.09. The highest BCUT2D eigenvalue weighted by Crippen LogP contribution is 1.93. The highest BCUT2D eigenvalue weighted by Gasteiger charge is 1.83. The summed E-state index contributed by atoms with van der Waals surface area (Å²) >= 11 is 0. The molecule has 0 aromatic carbocycles. The van der Waals surface area contributed by atoms with Gasteiger partial charge in [0.1, 0.15) is 0 Å². The van der Waals surface area contributed by atoms with Crippen molar-refractivity contribution < 1.29 is 5.03 Å². The van der Waals surface area contributed by atoms with Crippen LogP contribution in [0.1, 0.15) is 5.69 Å². The molecule has 0 bridgehead atoms. The molecule has 0 spiro atoms. The van der Waals surface area contributed by atoms with Gasteiger partial charge < -0.3 is 0 Å². The highest BCUT2D eigenvalue weighted by atomic mass is 16.7. The van der Waals surface area contributed by atoms with Crippen LogP contribution in [0.2, 0.25) is 0 Å². The third kappa shape index (κ3) is 7.99. The Hall–Kier alpha value is -1.91. The fourth-order valence-electron chi connectivity index (χ4n) is 0.667. The van der Waals surface area contributed by atoms with Gasteiger partial charge in [0, 0.05) is 18.3 Å². The van der Waals surface area contributed by atoms with E-state index in [-0.39, 0.29) is 0 Å². The molecule has 5 heteroatoms. The van der Waals surface area contributed by atoms with Gasteiger partial charge in [0.15, 0.2) is 5.03 Å². The van der Waals surface area contributed by atoms with Gasteiger partial charge in [0.2, 0.25) is 0 Å². The van der Waals surface area contributed by atoms with Crippen molar-refractivity contribution in [3.8, 4) is 0 Å². The summed E-state index contributed by atoms with van der Waals surface area (Å²) in [4.78, 5) is 12.7. The van der Waals surface area contributed by atoms with Crippen molar-refractivity contribution in [2.24, 2.45) is 5.84 Å². The normalized spacial score (nSPS) is 8.00. The van der Waals surface area contributed by atoms with E-state index in [1.165, 1.54) is 0 Å². The van der Waals surface area contributed by atoms with Gasteiger partial charge in [-0.15, -0.1) is 6.58 Å². The molecule has 1 aromatic heterocycles. The van der Waals surface area contributed by atoms with Gasteiger partial charge >= 0.3 is 0 Å². The first-order valence-corrected chi connectivity index (χ1v) is 3.56. The number of hydrazine groups is 1. The van der Waals surface area contributed by atoms with Crippen LogP contribution in [-0.2, 0) is 6.42 Å². The van der Waals surface area contributed by atoms with Crippen molar-refractivity contribution >= 4 is 0 Å². The average molecular weight is 181 g/mol. The predicted octanol–water partition coefficient (Wildman–Crippen LogP) is 0.947. The Kier molecular flexibility index (Phi) is 5.78. The second kappa shape index (κ2) is 6.78. The number of pyridine rings is 1. The van der Waals surface area contributed by atoms with Crippen molar-refractivity contribution in [3.05, 3.63) is 52.9 Å². The van der Waals surface area contributed by atoms with Gasteiger partial charge in [-0.05, 0) is 12.1 Å². The number of aromatic nitrogens is 1. The van der Waals surface area contributed by atoms with Crippen molar-refractivity contribution in [3.63, 3.8) is 0 Å². The van der Waals surface area contributed by atoms with Crippen LogP contribution in [0.15, 0.2) is 37.1 Å². The largest absolute Gasteiger partial charge is 0.261 e. The summed E-state index contributed by atoms with van der Waals surface area (Å²) in [5.41, 5.74) is 1.08. The van der Waals surface area contributed by atoms with Gasteiger partial charge in [-0.3, -0.25) is 4.98 Å². The predicted molar refractivity (Wildman–Crippen MR) is 49.3 cm³/mol. The maximum Gasteiger partial charge on any atom is 0.154 e. The minimum absolute atomic E-state index is 0.862. The van der Waals surface area contributed by atoms with Crippen LogP contribution >= 0.6 is 0 Å². The molecule has 0 fully saturated rings. The van der Waals surface area contributed by atoms with Gasteiger partial charge in [-0.2, -0.15) is 5.84 Å². The third-order valence-electron chi connectivity index (χ3n) is 1.08. The van der Waals surface area contributed by atoms with Gasteiger partial charge in [0.05, 0.1) is 0 Å². The molecule has 0 atom stereocenters. The number of hydrogen-bond donors (Lipinski definition) is 1. The summed E-state index contributed by atoms with van der Waals surface area (Å²) in [6.07, 6.45) is 4.50. The first-order chi connectivity index (χ1) is 6.16. The van der Waals surface area contributed by atoms with Crippen molar-refractivity contribution in [2.45, 2.75) is 6.42 Å². The summed E-state index contributed by atoms with van der Waals surface area (Å²) in [5.74, 6) is 3.83. The molecule has 0 aliphatic rings. The maximum absolute atomic E-state index is 8.58. The Morgan fingerprint density at radius 3 is 2.69 bits per heavy atom. The SMILES string of the molecule is C=CCc1ccccn1.N[N+](=O)[O-]. The molecular formula is C8H11N3O2. The lowest BCUT2D eigenvalue weighted by Gasteiger charge is -1.90. The highest BCUT2D eigenvalue weighted by molar-refractivity contribution is 5.06. The molecule has 0 amide bonds. The van der Waals surface area contributed by atoms with Crippen LogP contribution in [0.3, 0.4) is 0 Å². The molecule has 0 aliphatic carbocycles. The Balaban J connectivity index is 0.000000310. The lowest BCUT2D eigenvalue weighted by Crippen LogP contribution is -2.04. The molecule has 1 aromatic rings. The van der Waals surface area contributed by atoms with E-state index in [2.05, 4.69) is 17.4 Å². The fraction of sp³-hybridized carbons (Fsp3) is 0.125. The molecule has 1 heterocycles. The smallest absolute Gasteiger partial charge is 0.154 e. The van der Waals surface area contributed by atoms with Gasteiger partial charge in [-0.1, -0.05) is 12.1 Å². The Morgan fingerprint density at radius 1 is 1.69 bits per heavy atom. The Labute approximate surface area is 76.0 Å². The van der Waals surface area contributed by atoms with Crippen molar-refractivity contribution in [2.75, 3.05) is 0 Å². The van der Waals surface area contributed by atoms with E-state index >= 15 is 0 Å². The maximum atomic E-state index is 8.58. The number of nitrogens with zero attached hydrogens (tertiary/aromatic N) is 2. The van der Waals surface area contributed by atoms with E-state index < -0.39 is 5.03 Å². The van der Waals surface area contributed by atoms with Gasteiger partial charge in [-0.25, -0.2) is 10.1 Å². The van der Waals surface area contributed by atoms with Crippen LogP contribution in [0.5, 0.6) is 0 Å². The van der Waals surface area contributed by atoms with Crippen LogP contribution in [0.4, 0.5) is 0 Å². The number of rotatable bonds is 2. The second-order valence-electron chi connectivity index (χ2n) is 2.10. The minimum Gasteiger partial charge on any atom is -0.261 e. The summed E-state index contributed by atoms with van der Waals surface area (Å²) in [6.45, 7) is 3.62. The minimum atomic E-state index is -1.00. The zero-order valence-corrected chi connectivity index (χ0v) is 7.09. The molecule has 0 radical (unpaired) electrons. The van der Waals surface area contributed by atoms with E-state index in [1.54, 1.807) is 6.20 Å². The lowest BCUT2D eigenvalue weighted by molar-refractivity contribution is -0.491. The Morgan fingerprint density at radius 2 is 2.31 bits per heavy atom. The topological polar surface area (TPSA) is 82.0 Å². The van der Waals surface area contributed by atoms with E-state index in [1.807, 2.05) is 24.3 Å². The molecule has 0 unspecified atom stereocenters. The number of hydrogen-bond acceptors (Lipinski definition) is 3. The molecule has 5 nitrogen and oxygen atoms in total. The van der Waals surface area contributed by atoms with Crippen molar-refractivity contribution in [1.29, 1.82) is 0 Å². The molecule has 13 heavy (non-hydrogen) atoms. The number of nitro groups is 1. The lowest BCUT2D eigenvalue weighted by atomic mass is 10.3. The zero-order chi connectivity index (χ0) is 10.1. The van der Waals surface area contributed by atoms with E-state index in [0.29, 0.717) is 0 Å². The molecule has 2 N–H and O–H groups in total. The monoisotopic (exact) mass is 181 g/mol. The standard InChI is InChI=1S/C8H9N.H2N2O2/c1-2-5-8-6-3-4-7-9-8;1-2(3)4/h2-4,6-7H,1,5H2;1H2. The van der Waals surface area contributed by atoms with E-state index in [4.69, 9.17) is 10.1 Å². The molecule has 0 saturated heterocycles. The van der Waals surface area contributed by atoms with Crippen LogP contribution in [0, 0.1) is 10.1 Å². The summed E-state index contributed by atoms with van der Waals surface area (Å²) < 4.78 is 0. The van der Waals surface area contributed by atoms with Crippen LogP contribution < -0.4 is 5.84 Å². The number of allylic oxidation sites excluding steroid dienone is 1. The molecule has 0 aliphatic heterocycles. The quantitative estimate of drug-likeness (QED) is 0.318. The second-order valence-corrected chi connectivity index (χ2v) is 2.10. The van der Waals surface area contributed by atoms with Crippen LogP contribution in [0.25, 0.3) is 0 Å². The van der Waals surface area contributed by atoms with E-state index in [0.717, 1.165) is 12.1 Å². The average Bonchev–Trinajstić information content (AvgIpc) is 2.06. The molecule has 70 valence electrons. The third-order valence-corrected chi connectivity index (χ3v) is 1.08. The summed E-state index contributed by atoms with van der Waals surface area (Å²) in [6, 6.07) is 5.88. The fourth-order valence-corrected chi connectivity index (χ4v) is 0.667. The molecular weight excluding hydrogens is 170 g/mol. The first kappa shape index (κ1) is 11.1. The van der Waals surface area contributed by atoms with Gasteiger partial charge in [0.25, 0.3) is 0 Å².